The molecule has 1 heterocycles. The topological polar surface area (TPSA) is 57.4 Å². The summed E-state index contributed by atoms with van der Waals surface area (Å²) in [6.07, 6.45) is 3.79. The van der Waals surface area contributed by atoms with Crippen LogP contribution in [0.3, 0.4) is 0 Å². The van der Waals surface area contributed by atoms with Crippen molar-refractivity contribution in [3.05, 3.63) is 46.8 Å². The average molecular weight is 259 g/mol. The molecule has 5 nitrogen and oxygen atoms in total. The first-order chi connectivity index (χ1) is 9.20. The summed E-state index contributed by atoms with van der Waals surface area (Å²) in [5.74, 6) is 0.740. The van der Waals surface area contributed by atoms with Gasteiger partial charge in [-0.2, -0.15) is 4.73 Å². The zero-order chi connectivity index (χ0) is 13.4. The van der Waals surface area contributed by atoms with Crippen LogP contribution in [0.2, 0.25) is 0 Å². The van der Waals surface area contributed by atoms with E-state index >= 15 is 0 Å². The summed E-state index contributed by atoms with van der Waals surface area (Å²) < 4.78 is 7.10. The molecule has 19 heavy (non-hydrogen) atoms. The fraction of sp³-hybridized carbons (Fsp3) is 0.286. The Morgan fingerprint density at radius 3 is 2.68 bits per heavy atom. The van der Waals surface area contributed by atoms with Crippen molar-refractivity contribution < 1.29 is 14.4 Å². The molecule has 98 valence electrons. The van der Waals surface area contributed by atoms with Crippen molar-refractivity contribution in [3.63, 3.8) is 0 Å². The van der Waals surface area contributed by atoms with Crippen molar-refractivity contribution in [3.8, 4) is 17.0 Å². The van der Waals surface area contributed by atoms with Crippen molar-refractivity contribution >= 4 is 0 Å². The lowest BCUT2D eigenvalue weighted by atomic mass is 10.1. The minimum atomic E-state index is 0.498. The zero-order valence-corrected chi connectivity index (χ0v) is 10.7. The molecule has 1 aromatic heterocycles. The molecule has 1 aliphatic carbocycles. The largest absolute Gasteiger partial charge is 0.497 e. The van der Waals surface area contributed by atoms with Crippen LogP contribution in [0.1, 0.15) is 17.8 Å². The van der Waals surface area contributed by atoms with E-state index in [0.717, 1.165) is 39.7 Å². The molecule has 0 saturated heterocycles. The number of ether oxygens (including phenoxy) is 1. The third kappa shape index (κ3) is 1.87. The number of rotatable bonds is 2. The first-order valence-corrected chi connectivity index (χ1v) is 6.24. The Balaban J connectivity index is 2.15. The Bertz CT molecular complexity index is 674. The molecule has 2 aromatic rings. The predicted molar refractivity (Wildman–Crippen MR) is 69.0 cm³/mol. The fourth-order valence-electron chi connectivity index (χ4n) is 2.53. The summed E-state index contributed by atoms with van der Waals surface area (Å²) in [7, 11) is 1.60. The number of benzene rings is 1. The lowest BCUT2D eigenvalue weighted by Crippen LogP contribution is -2.25. The summed E-state index contributed by atoms with van der Waals surface area (Å²) in [6.45, 7) is 0. The van der Waals surface area contributed by atoms with Crippen LogP contribution in [-0.2, 0) is 12.8 Å². The van der Waals surface area contributed by atoms with Crippen LogP contribution in [0.4, 0.5) is 0 Å². The normalized spacial score (nSPS) is 13.3. The van der Waals surface area contributed by atoms with Gasteiger partial charge < -0.3 is 9.94 Å². The van der Waals surface area contributed by atoms with Gasteiger partial charge in [0, 0.05) is 16.9 Å². The van der Waals surface area contributed by atoms with Gasteiger partial charge in [-0.15, -0.1) is 0 Å². The Morgan fingerprint density at radius 2 is 2.00 bits per heavy atom. The maximum atomic E-state index is 11.9. The molecule has 1 aromatic carbocycles. The lowest BCUT2D eigenvalue weighted by molar-refractivity contribution is -0.505. The molecule has 0 bridgehead atoms. The second-order valence-electron chi connectivity index (χ2n) is 4.63. The fourth-order valence-corrected chi connectivity index (χ4v) is 2.53. The van der Waals surface area contributed by atoms with Crippen molar-refractivity contribution in [2.45, 2.75) is 19.3 Å². The van der Waals surface area contributed by atoms with Crippen molar-refractivity contribution in [1.29, 1.82) is 0 Å². The van der Waals surface area contributed by atoms with E-state index in [9.17, 15) is 10.1 Å². The van der Waals surface area contributed by atoms with Crippen LogP contribution in [0.25, 0.3) is 11.3 Å². The van der Waals surface area contributed by atoms with Gasteiger partial charge in [0.15, 0.2) is 5.69 Å². The molecule has 0 amide bonds. The highest BCUT2D eigenvalue weighted by molar-refractivity contribution is 5.59. The second-order valence-corrected chi connectivity index (χ2v) is 4.63. The minimum Gasteiger partial charge on any atom is -0.497 e. The third-order valence-corrected chi connectivity index (χ3v) is 3.54. The molecule has 0 aliphatic heterocycles. The molecular formula is C14H15N2O3+. The zero-order valence-electron chi connectivity index (χ0n) is 10.7. The maximum absolute atomic E-state index is 11.9. The van der Waals surface area contributed by atoms with Crippen molar-refractivity contribution in [1.82, 2.24) is 4.73 Å². The van der Waals surface area contributed by atoms with Crippen LogP contribution in [-0.4, -0.2) is 17.0 Å². The molecule has 0 radical (unpaired) electrons. The first kappa shape index (κ1) is 11.8. The first-order valence-electron chi connectivity index (χ1n) is 6.24. The Morgan fingerprint density at radius 1 is 1.26 bits per heavy atom. The molecule has 1 aliphatic rings. The smallest absolute Gasteiger partial charge is 0.262 e. The van der Waals surface area contributed by atoms with E-state index in [1.807, 2.05) is 12.1 Å². The Labute approximate surface area is 110 Å². The predicted octanol–water partition coefficient (Wildman–Crippen LogP) is 1.80. The van der Waals surface area contributed by atoms with Gasteiger partial charge in [-0.05, 0) is 37.1 Å². The van der Waals surface area contributed by atoms with E-state index in [-0.39, 0.29) is 0 Å². The van der Waals surface area contributed by atoms with E-state index in [4.69, 9.17) is 4.74 Å². The molecule has 5 heteroatoms. The molecule has 3 rings (SSSR count). The number of fused-ring (bicyclic) bond motifs is 1. The Kier molecular flexibility index (Phi) is 2.74. The van der Waals surface area contributed by atoms with E-state index in [1.54, 1.807) is 19.2 Å². The summed E-state index contributed by atoms with van der Waals surface area (Å²) in [5.41, 5.74) is 2.66. The maximum Gasteiger partial charge on any atom is 0.262 e. The van der Waals surface area contributed by atoms with Crippen molar-refractivity contribution in [2.75, 3.05) is 7.11 Å². The lowest BCUT2D eigenvalue weighted by Gasteiger charge is -2.08. The number of hydrogen-bond donors (Lipinski definition) is 1. The molecule has 0 saturated carbocycles. The molecule has 0 unspecified atom stereocenters. The van der Waals surface area contributed by atoms with Crippen LogP contribution in [0.5, 0.6) is 5.75 Å². The van der Waals surface area contributed by atoms with Gasteiger partial charge in [0.2, 0.25) is 0 Å². The van der Waals surface area contributed by atoms with E-state index in [0.29, 0.717) is 17.1 Å². The van der Waals surface area contributed by atoms with Gasteiger partial charge in [-0.25, -0.2) is 0 Å². The Hall–Kier alpha value is -2.30. The van der Waals surface area contributed by atoms with Gasteiger partial charge >= 0.3 is 0 Å². The number of aromatic nitrogens is 2. The number of hydrogen-bond acceptors (Lipinski definition) is 3. The second kappa shape index (κ2) is 4.42. The summed E-state index contributed by atoms with van der Waals surface area (Å²) >= 11 is 0. The quantitative estimate of drug-likeness (QED) is 0.661. The molecule has 0 spiro atoms. The van der Waals surface area contributed by atoms with Crippen LogP contribution in [0.15, 0.2) is 30.5 Å². The number of methoxy groups -OCH3 is 1. The monoisotopic (exact) mass is 259 g/mol. The van der Waals surface area contributed by atoms with Crippen molar-refractivity contribution in [2.24, 2.45) is 0 Å². The number of nitrogens with zero attached hydrogens (tertiary/aromatic N) is 2. The molecule has 0 fully saturated rings. The van der Waals surface area contributed by atoms with E-state index < -0.39 is 0 Å². The highest BCUT2D eigenvalue weighted by Gasteiger charge is 2.27. The summed E-state index contributed by atoms with van der Waals surface area (Å²) in [6, 6.07) is 7.25. The minimum absolute atomic E-state index is 0.498. The van der Waals surface area contributed by atoms with Gasteiger partial charge in [0.1, 0.15) is 11.4 Å². The van der Waals surface area contributed by atoms with Crippen LogP contribution >= 0.6 is 0 Å². The van der Waals surface area contributed by atoms with E-state index in [2.05, 4.69) is 0 Å². The van der Waals surface area contributed by atoms with Gasteiger partial charge in [0.25, 0.3) is 11.9 Å². The van der Waals surface area contributed by atoms with E-state index in [1.165, 1.54) is 6.20 Å². The standard InChI is InChI=1S/C14H15N2O3/c1-19-11-7-5-10(6-8-11)14-9-15(17)12-3-2-4-13(12)16(14)18/h5-9,18H,2-4H2,1H3/q+1. The van der Waals surface area contributed by atoms with Crippen LogP contribution < -0.4 is 9.16 Å². The van der Waals surface area contributed by atoms with Gasteiger partial charge in [-0.3, -0.25) is 0 Å². The molecule has 1 N–H and O–H groups in total. The highest BCUT2D eigenvalue weighted by Crippen LogP contribution is 2.25. The average Bonchev–Trinajstić information content (AvgIpc) is 2.93. The summed E-state index contributed by atoms with van der Waals surface area (Å²) in [5, 5.41) is 10.2. The summed E-state index contributed by atoms with van der Waals surface area (Å²) in [4.78, 5) is 11.9. The van der Waals surface area contributed by atoms with Gasteiger partial charge in [0.05, 0.1) is 11.5 Å². The van der Waals surface area contributed by atoms with Gasteiger partial charge in [-0.1, -0.05) is 0 Å². The molecular weight excluding hydrogens is 244 g/mol. The highest BCUT2D eigenvalue weighted by atomic mass is 16.5. The SMILES string of the molecule is COc1ccc(-c2c[n+](=O)c3c(n2O)CCC3)cc1. The molecule has 0 atom stereocenters. The van der Waals surface area contributed by atoms with Crippen LogP contribution in [0, 0.1) is 4.91 Å². The third-order valence-electron chi connectivity index (χ3n) is 3.54.